The Morgan fingerprint density at radius 3 is 1.47 bits per heavy atom. The zero-order valence-corrected chi connectivity index (χ0v) is 35.1. The number of rotatable bonds is 5. The number of hydrogen-bond acceptors (Lipinski definition) is 5. The molecular formula is C52H52N2O2S. The van der Waals surface area contributed by atoms with Gasteiger partial charge in [0.25, 0.3) is 0 Å². The van der Waals surface area contributed by atoms with Crippen LogP contribution in [0.5, 0.6) is 11.5 Å². The van der Waals surface area contributed by atoms with Crippen LogP contribution in [-0.4, -0.2) is 26.3 Å². The van der Waals surface area contributed by atoms with Crippen molar-refractivity contribution in [1.82, 2.24) is 4.98 Å². The lowest BCUT2D eigenvalue weighted by atomic mass is 9.81. The van der Waals surface area contributed by atoms with Crippen molar-refractivity contribution >= 4 is 32.9 Å². The van der Waals surface area contributed by atoms with Crippen molar-refractivity contribution in [3.05, 3.63) is 198 Å². The average Bonchev–Trinajstić information content (AvgIpc) is 3.78. The number of aromatic nitrogens is 1. The molecule has 0 saturated carbocycles. The second kappa shape index (κ2) is 18.6. The Labute approximate surface area is 343 Å². The van der Waals surface area contributed by atoms with Gasteiger partial charge >= 0.3 is 0 Å². The van der Waals surface area contributed by atoms with E-state index in [9.17, 15) is 0 Å². The van der Waals surface area contributed by atoms with Crippen molar-refractivity contribution in [2.24, 2.45) is 0 Å². The van der Waals surface area contributed by atoms with Gasteiger partial charge in [0.05, 0.1) is 24.4 Å². The van der Waals surface area contributed by atoms with E-state index in [2.05, 4.69) is 156 Å². The molecule has 5 heteroatoms. The van der Waals surface area contributed by atoms with Crippen molar-refractivity contribution in [3.63, 3.8) is 0 Å². The molecule has 57 heavy (non-hydrogen) atoms. The van der Waals surface area contributed by atoms with Crippen LogP contribution in [0, 0.1) is 20.8 Å². The number of nitrogens with zero attached hydrogens (tertiary/aromatic N) is 2. The fourth-order valence-electron chi connectivity index (χ4n) is 6.78. The van der Waals surface area contributed by atoms with Crippen LogP contribution in [0.25, 0.3) is 31.9 Å². The number of ether oxygens (including phenoxy) is 2. The molecule has 0 atom stereocenters. The SMILES string of the molecule is CN(c1ccccc1)c1ccccc1.COc1ccc(C)cc1.COc1ccc(C)cc1.Cc1ccc2c(c1)C(C)(C)c1cc(-c3nc4ccccc4s3)ccc1-2. The van der Waals surface area contributed by atoms with Crippen LogP contribution in [0.4, 0.5) is 11.4 Å². The average molecular weight is 769 g/mol. The Morgan fingerprint density at radius 2 is 0.965 bits per heavy atom. The number of anilines is 2. The van der Waals surface area contributed by atoms with Crippen LogP contribution >= 0.6 is 11.3 Å². The molecule has 0 fully saturated rings. The highest BCUT2D eigenvalue weighted by Gasteiger charge is 2.35. The van der Waals surface area contributed by atoms with E-state index in [4.69, 9.17) is 14.5 Å². The smallest absolute Gasteiger partial charge is 0.124 e. The molecule has 0 bridgehead atoms. The molecule has 0 unspecified atom stereocenters. The second-order valence-electron chi connectivity index (χ2n) is 14.7. The highest BCUT2D eigenvalue weighted by Crippen LogP contribution is 2.50. The normalized spacial score (nSPS) is 11.6. The summed E-state index contributed by atoms with van der Waals surface area (Å²) in [6.45, 7) is 10.9. The van der Waals surface area contributed by atoms with E-state index < -0.39 is 0 Å². The first-order valence-corrected chi connectivity index (χ1v) is 20.1. The third-order valence-corrected chi connectivity index (χ3v) is 11.3. The van der Waals surface area contributed by atoms with E-state index in [1.165, 1.54) is 60.6 Å². The quantitative estimate of drug-likeness (QED) is 0.175. The van der Waals surface area contributed by atoms with Crippen molar-refractivity contribution in [1.29, 1.82) is 0 Å². The first-order chi connectivity index (χ1) is 27.6. The summed E-state index contributed by atoms with van der Waals surface area (Å²) in [5.74, 6) is 1.83. The van der Waals surface area contributed by atoms with E-state index >= 15 is 0 Å². The molecule has 0 saturated heterocycles. The molecule has 4 nitrogen and oxygen atoms in total. The van der Waals surface area contributed by atoms with Gasteiger partial charge in [-0.25, -0.2) is 4.98 Å². The molecule has 0 amide bonds. The monoisotopic (exact) mass is 768 g/mol. The van der Waals surface area contributed by atoms with Crippen LogP contribution < -0.4 is 14.4 Å². The molecular weight excluding hydrogens is 717 g/mol. The fourth-order valence-corrected chi connectivity index (χ4v) is 7.74. The van der Waals surface area contributed by atoms with E-state index in [-0.39, 0.29) is 5.41 Å². The summed E-state index contributed by atoms with van der Waals surface area (Å²) >= 11 is 1.77. The number of aryl methyl sites for hydroxylation is 3. The third kappa shape index (κ3) is 9.99. The number of methoxy groups -OCH3 is 2. The summed E-state index contributed by atoms with van der Waals surface area (Å²) < 4.78 is 11.2. The number of thiazole rings is 1. The minimum Gasteiger partial charge on any atom is -0.497 e. The maximum Gasteiger partial charge on any atom is 0.124 e. The van der Waals surface area contributed by atoms with E-state index in [1.54, 1.807) is 25.6 Å². The molecule has 288 valence electrons. The number of hydrogen-bond donors (Lipinski definition) is 0. The van der Waals surface area contributed by atoms with Gasteiger partial charge in [0.1, 0.15) is 16.5 Å². The number of benzene rings is 7. The van der Waals surface area contributed by atoms with Gasteiger partial charge in [0.2, 0.25) is 0 Å². The standard InChI is InChI=1S/C23H19NS.C13H13N.2C8H10O/c1-14-8-10-16-17-11-9-15(13-19(17)23(2,3)18(16)12-14)22-24-20-6-4-5-7-21(20)25-22;1-14(12-8-4-2-5-9-12)13-10-6-3-7-11-13;2*1-7-3-5-8(9-2)6-4-7/h4-13H,1-3H3;2-11H,1H3;2*3-6H,1-2H3. The highest BCUT2D eigenvalue weighted by molar-refractivity contribution is 7.21. The first kappa shape index (κ1) is 40.5. The van der Waals surface area contributed by atoms with E-state index in [0.717, 1.165) is 22.0 Å². The van der Waals surface area contributed by atoms with Gasteiger partial charge in [-0.2, -0.15) is 0 Å². The zero-order valence-electron chi connectivity index (χ0n) is 34.3. The Bertz CT molecular complexity index is 2370. The van der Waals surface area contributed by atoms with Crippen LogP contribution in [-0.2, 0) is 5.41 Å². The molecule has 0 aliphatic heterocycles. The molecule has 1 aromatic heterocycles. The highest BCUT2D eigenvalue weighted by atomic mass is 32.1. The second-order valence-corrected chi connectivity index (χ2v) is 15.7. The van der Waals surface area contributed by atoms with E-state index in [1.807, 2.05) is 60.7 Å². The fraction of sp³-hybridized carbons (Fsp3) is 0.173. The van der Waals surface area contributed by atoms with Gasteiger partial charge in [-0.3, -0.25) is 0 Å². The Hall–Kier alpha value is -6.17. The summed E-state index contributed by atoms with van der Waals surface area (Å²) in [5, 5.41) is 1.10. The Morgan fingerprint density at radius 1 is 0.509 bits per heavy atom. The van der Waals surface area contributed by atoms with Gasteiger partial charge in [0, 0.05) is 29.4 Å². The summed E-state index contributed by atoms with van der Waals surface area (Å²) in [7, 11) is 5.42. The number of fused-ring (bicyclic) bond motifs is 4. The predicted molar refractivity (Wildman–Crippen MR) is 244 cm³/mol. The lowest BCUT2D eigenvalue weighted by molar-refractivity contribution is 0.414. The van der Waals surface area contributed by atoms with Gasteiger partial charge in [-0.15, -0.1) is 11.3 Å². The summed E-state index contributed by atoms with van der Waals surface area (Å²) in [6, 6.07) is 58.6. The summed E-state index contributed by atoms with van der Waals surface area (Å²) in [5.41, 5.74) is 14.2. The van der Waals surface area contributed by atoms with Gasteiger partial charge in [0.15, 0.2) is 0 Å². The van der Waals surface area contributed by atoms with E-state index in [0.29, 0.717) is 0 Å². The summed E-state index contributed by atoms with van der Waals surface area (Å²) in [4.78, 5) is 7.00. The van der Waals surface area contributed by atoms with Gasteiger partial charge in [-0.1, -0.05) is 134 Å². The lowest BCUT2D eigenvalue weighted by Gasteiger charge is -2.22. The van der Waals surface area contributed by atoms with Crippen molar-refractivity contribution in [3.8, 4) is 33.2 Å². The van der Waals surface area contributed by atoms with Crippen molar-refractivity contribution < 1.29 is 9.47 Å². The molecule has 0 radical (unpaired) electrons. The molecule has 1 heterocycles. The first-order valence-electron chi connectivity index (χ1n) is 19.2. The molecule has 1 aliphatic rings. The largest absolute Gasteiger partial charge is 0.497 e. The van der Waals surface area contributed by atoms with Gasteiger partial charge in [-0.05, 0) is 110 Å². The Kier molecular flexibility index (Phi) is 13.2. The molecule has 7 aromatic carbocycles. The van der Waals surface area contributed by atoms with Crippen LogP contribution in [0.15, 0.2) is 170 Å². The maximum absolute atomic E-state index is 4.97. The molecule has 9 rings (SSSR count). The maximum atomic E-state index is 4.97. The zero-order chi connectivity index (χ0) is 40.4. The van der Waals surface area contributed by atoms with Gasteiger partial charge < -0.3 is 14.4 Å². The minimum atomic E-state index is 0.0311. The van der Waals surface area contributed by atoms with Crippen molar-refractivity contribution in [2.45, 2.75) is 40.0 Å². The van der Waals surface area contributed by atoms with Crippen LogP contribution in [0.3, 0.4) is 0 Å². The third-order valence-electron chi connectivity index (χ3n) is 10.2. The topological polar surface area (TPSA) is 34.6 Å². The molecule has 8 aromatic rings. The van der Waals surface area contributed by atoms with Crippen LogP contribution in [0.1, 0.15) is 41.7 Å². The minimum absolute atomic E-state index is 0.0311. The van der Waals surface area contributed by atoms with Crippen LogP contribution in [0.2, 0.25) is 0 Å². The lowest BCUT2D eigenvalue weighted by Crippen LogP contribution is -2.15. The molecule has 0 N–H and O–H groups in total. The molecule has 1 aliphatic carbocycles. The predicted octanol–water partition coefficient (Wildman–Crippen LogP) is 14.0. The number of para-hydroxylation sites is 3. The molecule has 0 spiro atoms. The summed E-state index contributed by atoms with van der Waals surface area (Å²) in [6.07, 6.45) is 0. The van der Waals surface area contributed by atoms with Crippen molar-refractivity contribution in [2.75, 3.05) is 26.2 Å². The Balaban J connectivity index is 0.000000144.